The molecule has 1 fully saturated rings. The summed E-state index contributed by atoms with van der Waals surface area (Å²) in [4.78, 5) is 17.6. The van der Waals surface area contributed by atoms with E-state index >= 15 is 0 Å². The Morgan fingerprint density at radius 3 is 2.29 bits per heavy atom. The van der Waals surface area contributed by atoms with E-state index in [0.717, 1.165) is 74.8 Å². The lowest BCUT2D eigenvalue weighted by Crippen LogP contribution is -2.44. The minimum absolute atomic E-state index is 0.164. The van der Waals surface area contributed by atoms with Crippen molar-refractivity contribution in [2.24, 2.45) is 5.92 Å². The SMILES string of the molecule is COc1cc2c(cc1OC)CC(=O)N(CC1CCCN(CCc3ccc(OS(C)(=O)=O)c(OC)c3)C1)CC2. The topological polar surface area (TPSA) is 94.6 Å². The standard InChI is InChI=1S/C28H38N2O7S/c1-34-25-14-20(7-8-24(25)37-38(4,32)33)9-12-29-11-5-6-21(18-29)19-30-13-10-22-15-26(35-2)27(36-3)16-23(22)17-28(30)31/h7-8,14-16,21H,5-6,9-13,17-19H2,1-4H3. The van der Waals surface area contributed by atoms with E-state index in [9.17, 15) is 13.2 Å². The maximum absolute atomic E-state index is 13.2. The molecule has 4 rings (SSSR count). The van der Waals surface area contributed by atoms with Gasteiger partial charge in [0.2, 0.25) is 5.91 Å². The number of carbonyl (C=O) groups excluding carboxylic acids is 1. The molecular weight excluding hydrogens is 508 g/mol. The number of ether oxygens (including phenoxy) is 3. The Bertz CT molecular complexity index is 1250. The fourth-order valence-electron chi connectivity index (χ4n) is 5.41. The predicted molar refractivity (Wildman–Crippen MR) is 145 cm³/mol. The Hall–Kier alpha value is -2.98. The molecule has 2 aromatic rings. The zero-order chi connectivity index (χ0) is 27.3. The summed E-state index contributed by atoms with van der Waals surface area (Å²) in [5.41, 5.74) is 3.21. The van der Waals surface area contributed by atoms with Crippen LogP contribution in [0.5, 0.6) is 23.0 Å². The first kappa shape index (κ1) is 28.0. The molecule has 10 heteroatoms. The number of methoxy groups -OCH3 is 3. The normalized spacial score (nSPS) is 18.5. The van der Waals surface area contributed by atoms with Crippen molar-refractivity contribution < 1.29 is 31.6 Å². The van der Waals surface area contributed by atoms with Gasteiger partial charge in [0.25, 0.3) is 0 Å². The third kappa shape index (κ3) is 7.11. The second-order valence-corrected chi connectivity index (χ2v) is 11.6. The van der Waals surface area contributed by atoms with Crippen molar-refractivity contribution in [1.29, 1.82) is 0 Å². The first-order chi connectivity index (χ1) is 18.2. The molecule has 1 atom stereocenters. The Morgan fingerprint density at radius 1 is 0.921 bits per heavy atom. The highest BCUT2D eigenvalue weighted by Gasteiger charge is 2.27. The van der Waals surface area contributed by atoms with Crippen LogP contribution in [0.15, 0.2) is 30.3 Å². The van der Waals surface area contributed by atoms with Crippen LogP contribution in [0.1, 0.15) is 29.5 Å². The number of fused-ring (bicyclic) bond motifs is 1. The highest BCUT2D eigenvalue weighted by atomic mass is 32.2. The highest BCUT2D eigenvalue weighted by molar-refractivity contribution is 7.86. The monoisotopic (exact) mass is 546 g/mol. The van der Waals surface area contributed by atoms with E-state index in [0.29, 0.717) is 36.1 Å². The van der Waals surface area contributed by atoms with E-state index in [2.05, 4.69) is 4.90 Å². The largest absolute Gasteiger partial charge is 0.493 e. The molecule has 0 aliphatic carbocycles. The maximum Gasteiger partial charge on any atom is 0.306 e. The fourth-order valence-corrected chi connectivity index (χ4v) is 5.87. The van der Waals surface area contributed by atoms with Crippen LogP contribution in [0.3, 0.4) is 0 Å². The van der Waals surface area contributed by atoms with Crippen molar-refractivity contribution in [2.75, 3.05) is 60.3 Å². The fraction of sp³-hybridized carbons (Fsp3) is 0.536. The van der Waals surface area contributed by atoms with Crippen LogP contribution in [0.4, 0.5) is 0 Å². The zero-order valence-electron chi connectivity index (χ0n) is 22.7. The molecule has 0 radical (unpaired) electrons. The number of amides is 1. The average molecular weight is 547 g/mol. The number of likely N-dealkylation sites (tertiary alicyclic amines) is 1. The molecule has 2 heterocycles. The molecule has 2 aliphatic heterocycles. The molecule has 208 valence electrons. The van der Waals surface area contributed by atoms with Gasteiger partial charge in [-0.3, -0.25) is 4.79 Å². The van der Waals surface area contributed by atoms with Gasteiger partial charge >= 0.3 is 10.1 Å². The van der Waals surface area contributed by atoms with E-state index in [1.807, 2.05) is 29.2 Å². The number of benzene rings is 2. The molecule has 0 N–H and O–H groups in total. The average Bonchev–Trinajstić information content (AvgIpc) is 3.04. The minimum atomic E-state index is -3.63. The Labute approximate surface area is 225 Å². The number of nitrogens with zero attached hydrogens (tertiary/aromatic N) is 2. The number of rotatable bonds is 10. The van der Waals surface area contributed by atoms with Crippen LogP contribution in [0.2, 0.25) is 0 Å². The molecule has 1 saturated heterocycles. The Balaban J connectivity index is 1.33. The number of hydrogen-bond acceptors (Lipinski definition) is 8. The lowest BCUT2D eigenvalue weighted by atomic mass is 9.96. The van der Waals surface area contributed by atoms with Crippen LogP contribution >= 0.6 is 0 Å². The van der Waals surface area contributed by atoms with E-state index in [1.165, 1.54) is 7.11 Å². The Kier molecular flexibility index (Phi) is 9.04. The van der Waals surface area contributed by atoms with Gasteiger partial charge in [0.15, 0.2) is 23.0 Å². The summed E-state index contributed by atoms with van der Waals surface area (Å²) in [6.07, 6.45) is 5.22. The van der Waals surface area contributed by atoms with Crippen LogP contribution in [0.25, 0.3) is 0 Å². The molecular formula is C28H38N2O7S. The molecule has 0 spiro atoms. The second-order valence-electron chi connectivity index (χ2n) is 10.1. The van der Waals surface area contributed by atoms with Gasteiger partial charge in [0, 0.05) is 26.2 Å². The molecule has 2 aromatic carbocycles. The van der Waals surface area contributed by atoms with E-state index in [1.54, 1.807) is 20.3 Å². The first-order valence-corrected chi connectivity index (χ1v) is 14.8. The van der Waals surface area contributed by atoms with Gasteiger partial charge in [-0.25, -0.2) is 0 Å². The smallest absolute Gasteiger partial charge is 0.306 e. The maximum atomic E-state index is 13.2. The lowest BCUT2D eigenvalue weighted by molar-refractivity contribution is -0.131. The molecule has 1 amide bonds. The van der Waals surface area contributed by atoms with Crippen molar-refractivity contribution in [1.82, 2.24) is 9.80 Å². The molecule has 9 nitrogen and oxygen atoms in total. The third-order valence-corrected chi connectivity index (χ3v) is 7.80. The van der Waals surface area contributed by atoms with E-state index in [4.69, 9.17) is 18.4 Å². The van der Waals surface area contributed by atoms with Gasteiger partial charge in [-0.05, 0) is 79.1 Å². The first-order valence-electron chi connectivity index (χ1n) is 13.0. The summed E-state index contributed by atoms with van der Waals surface area (Å²) in [6.45, 7) is 4.33. The minimum Gasteiger partial charge on any atom is -0.493 e. The predicted octanol–water partition coefficient (Wildman–Crippen LogP) is 2.93. The van der Waals surface area contributed by atoms with E-state index < -0.39 is 10.1 Å². The van der Waals surface area contributed by atoms with Gasteiger partial charge < -0.3 is 28.2 Å². The highest BCUT2D eigenvalue weighted by Crippen LogP contribution is 2.33. The van der Waals surface area contributed by atoms with Gasteiger partial charge in [0.1, 0.15) is 0 Å². The number of hydrogen-bond donors (Lipinski definition) is 0. The van der Waals surface area contributed by atoms with Gasteiger partial charge in [0.05, 0.1) is 34.0 Å². The van der Waals surface area contributed by atoms with Crippen molar-refractivity contribution >= 4 is 16.0 Å². The molecule has 0 bridgehead atoms. The summed E-state index contributed by atoms with van der Waals surface area (Å²) in [5.74, 6) is 2.55. The Morgan fingerprint density at radius 2 is 1.61 bits per heavy atom. The molecule has 1 unspecified atom stereocenters. The van der Waals surface area contributed by atoms with Gasteiger partial charge in [-0.1, -0.05) is 6.07 Å². The van der Waals surface area contributed by atoms with Crippen LogP contribution < -0.4 is 18.4 Å². The van der Waals surface area contributed by atoms with Gasteiger partial charge in [-0.15, -0.1) is 0 Å². The van der Waals surface area contributed by atoms with E-state index in [-0.39, 0.29) is 11.7 Å². The summed E-state index contributed by atoms with van der Waals surface area (Å²) in [7, 11) is 1.12. The van der Waals surface area contributed by atoms with Crippen molar-refractivity contribution in [3.05, 3.63) is 47.0 Å². The third-order valence-electron chi connectivity index (χ3n) is 7.32. The number of piperidine rings is 1. The molecule has 2 aliphatic rings. The van der Waals surface area contributed by atoms with Crippen molar-refractivity contribution in [2.45, 2.75) is 32.1 Å². The molecule has 38 heavy (non-hydrogen) atoms. The van der Waals surface area contributed by atoms with Crippen molar-refractivity contribution in [3.63, 3.8) is 0 Å². The molecule has 0 aromatic heterocycles. The zero-order valence-corrected chi connectivity index (χ0v) is 23.5. The summed E-state index contributed by atoms with van der Waals surface area (Å²) >= 11 is 0. The lowest BCUT2D eigenvalue weighted by Gasteiger charge is -2.35. The van der Waals surface area contributed by atoms with Crippen molar-refractivity contribution in [3.8, 4) is 23.0 Å². The molecule has 0 saturated carbocycles. The van der Waals surface area contributed by atoms with Crippen LogP contribution in [0, 0.1) is 5.92 Å². The number of carbonyl (C=O) groups is 1. The van der Waals surface area contributed by atoms with Crippen LogP contribution in [-0.2, 0) is 34.2 Å². The van der Waals surface area contributed by atoms with Gasteiger partial charge in [-0.2, -0.15) is 8.42 Å². The summed E-state index contributed by atoms with van der Waals surface area (Å²) in [6, 6.07) is 9.29. The quantitative estimate of drug-likeness (QED) is 0.420. The second kappa shape index (κ2) is 12.3. The van der Waals surface area contributed by atoms with Crippen LogP contribution in [-0.4, -0.2) is 84.4 Å². The summed E-state index contributed by atoms with van der Waals surface area (Å²) in [5, 5.41) is 0. The summed E-state index contributed by atoms with van der Waals surface area (Å²) < 4.78 is 44.2.